The molecule has 60 heavy (non-hydrogen) atoms. The van der Waals surface area contributed by atoms with Crippen LogP contribution in [0.15, 0.2) is 231 Å². The van der Waals surface area contributed by atoms with Gasteiger partial charge in [-0.15, -0.1) is 0 Å². The summed E-state index contributed by atoms with van der Waals surface area (Å²) in [5.41, 5.74) is 14.5. The Labute approximate surface area is 352 Å². The molecule has 0 saturated carbocycles. The van der Waals surface area contributed by atoms with E-state index in [4.69, 9.17) is 9.47 Å². The average Bonchev–Trinajstić information content (AvgIpc) is 3.34. The third-order valence-electron chi connectivity index (χ3n) is 10.1. The van der Waals surface area contributed by atoms with Gasteiger partial charge in [-0.3, -0.25) is 0 Å². The van der Waals surface area contributed by atoms with E-state index in [2.05, 4.69) is 121 Å². The molecule has 0 unspecified atom stereocenters. The quantitative estimate of drug-likeness (QED) is 0.102. The highest BCUT2D eigenvalue weighted by Gasteiger charge is 2.18. The summed E-state index contributed by atoms with van der Waals surface area (Å²) in [4.78, 5) is 23.8. The molecule has 0 fully saturated rings. The van der Waals surface area contributed by atoms with Crippen LogP contribution < -0.4 is 0 Å². The molecule has 0 bridgehead atoms. The SMILES string of the molecule is COC(=O)c1ccc(C(=C(c2ccccc2)c2ccccc2)c2ccccc2)cc1.COC(=O)c1ccc(C(=C(c2ccccc2)c2ccccc2)c2ccccc2)cc1. The molecule has 0 aliphatic carbocycles. The van der Waals surface area contributed by atoms with E-state index < -0.39 is 0 Å². The molecule has 8 aromatic rings. The van der Waals surface area contributed by atoms with Crippen molar-refractivity contribution in [3.63, 3.8) is 0 Å². The molecule has 0 N–H and O–H groups in total. The molecular weight excluding hydrogens is 737 g/mol. The maximum absolute atomic E-state index is 11.9. The first-order valence-electron chi connectivity index (χ1n) is 19.7. The predicted molar refractivity (Wildman–Crippen MR) is 244 cm³/mol. The summed E-state index contributed by atoms with van der Waals surface area (Å²) in [7, 11) is 2.79. The largest absolute Gasteiger partial charge is 0.465 e. The van der Waals surface area contributed by atoms with Crippen LogP contribution in [0.1, 0.15) is 65.2 Å². The lowest BCUT2D eigenvalue weighted by Gasteiger charge is -2.18. The molecule has 0 aromatic heterocycles. The van der Waals surface area contributed by atoms with Gasteiger partial charge in [-0.2, -0.15) is 0 Å². The molecule has 0 aliphatic heterocycles. The van der Waals surface area contributed by atoms with Crippen molar-refractivity contribution in [2.75, 3.05) is 14.2 Å². The van der Waals surface area contributed by atoms with Crippen molar-refractivity contribution in [1.29, 1.82) is 0 Å². The topological polar surface area (TPSA) is 52.6 Å². The molecule has 0 atom stereocenters. The molecule has 0 aliphatic rings. The van der Waals surface area contributed by atoms with Gasteiger partial charge in [0.1, 0.15) is 0 Å². The van der Waals surface area contributed by atoms with Crippen LogP contribution in [-0.4, -0.2) is 26.2 Å². The zero-order valence-electron chi connectivity index (χ0n) is 33.6. The Bertz CT molecular complexity index is 2400. The lowest BCUT2D eigenvalue weighted by molar-refractivity contribution is 0.0592. The van der Waals surface area contributed by atoms with Gasteiger partial charge >= 0.3 is 11.9 Å². The summed E-state index contributed by atoms with van der Waals surface area (Å²) < 4.78 is 9.71. The first-order valence-corrected chi connectivity index (χ1v) is 19.7. The summed E-state index contributed by atoms with van der Waals surface area (Å²) in [6.45, 7) is 0. The van der Waals surface area contributed by atoms with E-state index in [9.17, 15) is 9.59 Å². The number of carbonyl (C=O) groups is 2. The Morgan fingerprint density at radius 3 is 0.550 bits per heavy atom. The lowest BCUT2D eigenvalue weighted by atomic mass is 9.85. The zero-order chi connectivity index (χ0) is 41.5. The normalized spacial score (nSPS) is 10.3. The van der Waals surface area contributed by atoms with Gasteiger partial charge in [-0.05, 0) is 91.1 Å². The molecule has 8 aromatic carbocycles. The fourth-order valence-corrected chi connectivity index (χ4v) is 7.23. The van der Waals surface area contributed by atoms with Crippen LogP contribution in [0.5, 0.6) is 0 Å². The summed E-state index contributed by atoms with van der Waals surface area (Å²) >= 11 is 0. The molecule has 4 nitrogen and oxygen atoms in total. The maximum atomic E-state index is 11.9. The second-order valence-electron chi connectivity index (χ2n) is 13.8. The van der Waals surface area contributed by atoms with E-state index in [1.54, 1.807) is 0 Å². The molecule has 292 valence electrons. The highest BCUT2D eigenvalue weighted by molar-refractivity contribution is 6.06. The van der Waals surface area contributed by atoms with Crippen LogP contribution >= 0.6 is 0 Å². The molecule has 0 saturated heterocycles. The summed E-state index contributed by atoms with van der Waals surface area (Å²) in [6, 6.07) is 77.6. The van der Waals surface area contributed by atoms with Crippen molar-refractivity contribution in [1.82, 2.24) is 0 Å². The van der Waals surface area contributed by atoms with Crippen LogP contribution in [0, 0.1) is 0 Å². The Morgan fingerprint density at radius 2 is 0.383 bits per heavy atom. The third-order valence-corrected chi connectivity index (χ3v) is 10.1. The number of rotatable bonds is 10. The van der Waals surface area contributed by atoms with Gasteiger partial charge < -0.3 is 9.47 Å². The van der Waals surface area contributed by atoms with E-state index in [1.165, 1.54) is 14.2 Å². The average molecular weight is 781 g/mol. The van der Waals surface area contributed by atoms with Gasteiger partial charge in [0.2, 0.25) is 0 Å². The van der Waals surface area contributed by atoms with Gasteiger partial charge in [0.25, 0.3) is 0 Å². The molecule has 0 heterocycles. The van der Waals surface area contributed by atoms with Gasteiger partial charge in [0, 0.05) is 0 Å². The van der Waals surface area contributed by atoms with Gasteiger partial charge in [-0.25, -0.2) is 9.59 Å². The molecule has 0 spiro atoms. The van der Waals surface area contributed by atoms with E-state index >= 15 is 0 Å². The van der Waals surface area contributed by atoms with E-state index in [-0.39, 0.29) is 11.9 Å². The molecule has 8 rings (SSSR count). The smallest absolute Gasteiger partial charge is 0.337 e. The number of methoxy groups -OCH3 is 2. The maximum Gasteiger partial charge on any atom is 0.337 e. The Hall–Kier alpha value is -7.82. The monoisotopic (exact) mass is 780 g/mol. The van der Waals surface area contributed by atoms with Crippen molar-refractivity contribution >= 4 is 34.2 Å². The Morgan fingerprint density at radius 1 is 0.233 bits per heavy atom. The minimum Gasteiger partial charge on any atom is -0.465 e. The van der Waals surface area contributed by atoms with Crippen LogP contribution in [-0.2, 0) is 9.47 Å². The van der Waals surface area contributed by atoms with E-state index in [1.807, 2.05) is 109 Å². The zero-order valence-corrected chi connectivity index (χ0v) is 33.6. The molecule has 4 heteroatoms. The first kappa shape index (κ1) is 40.4. The second kappa shape index (κ2) is 20.0. The minimum atomic E-state index is -0.335. The van der Waals surface area contributed by atoms with Crippen LogP contribution in [0.25, 0.3) is 22.3 Å². The van der Waals surface area contributed by atoms with Crippen molar-refractivity contribution in [3.05, 3.63) is 286 Å². The number of hydrogen-bond acceptors (Lipinski definition) is 4. The second-order valence-corrected chi connectivity index (χ2v) is 13.8. The summed E-state index contributed by atoms with van der Waals surface area (Å²) in [5.74, 6) is -0.670. The van der Waals surface area contributed by atoms with Crippen LogP contribution in [0.4, 0.5) is 0 Å². The number of benzene rings is 8. The number of ether oxygens (including phenoxy) is 2. The highest BCUT2D eigenvalue weighted by atomic mass is 16.5. The van der Waals surface area contributed by atoms with Crippen molar-refractivity contribution in [2.24, 2.45) is 0 Å². The van der Waals surface area contributed by atoms with E-state index in [0.29, 0.717) is 11.1 Å². The predicted octanol–water partition coefficient (Wildman–Crippen LogP) is 13.0. The lowest BCUT2D eigenvalue weighted by Crippen LogP contribution is -2.02. The van der Waals surface area contributed by atoms with Crippen molar-refractivity contribution in [2.45, 2.75) is 0 Å². The third kappa shape index (κ3) is 9.64. The van der Waals surface area contributed by atoms with E-state index in [0.717, 1.165) is 66.8 Å². The van der Waals surface area contributed by atoms with Gasteiger partial charge in [0.05, 0.1) is 25.3 Å². The Kier molecular flexibility index (Phi) is 13.5. The highest BCUT2D eigenvalue weighted by Crippen LogP contribution is 2.38. The van der Waals surface area contributed by atoms with Crippen LogP contribution in [0.2, 0.25) is 0 Å². The first-order chi connectivity index (χ1) is 29.6. The summed E-state index contributed by atoms with van der Waals surface area (Å²) in [5, 5.41) is 0. The van der Waals surface area contributed by atoms with Crippen molar-refractivity contribution < 1.29 is 19.1 Å². The molecule has 0 radical (unpaired) electrons. The fraction of sp³-hybridized carbons (Fsp3) is 0.0357. The fourth-order valence-electron chi connectivity index (χ4n) is 7.23. The number of carbonyl (C=O) groups excluding carboxylic acids is 2. The number of hydrogen-bond donors (Lipinski definition) is 0. The van der Waals surface area contributed by atoms with Gasteiger partial charge in [-0.1, -0.05) is 206 Å². The Balaban J connectivity index is 0.000000181. The van der Waals surface area contributed by atoms with Gasteiger partial charge in [0.15, 0.2) is 0 Å². The number of esters is 2. The molecule has 0 amide bonds. The van der Waals surface area contributed by atoms with Crippen LogP contribution in [0.3, 0.4) is 0 Å². The standard InChI is InChI=1S/2C28H22O2/c2*1-30-28(29)25-19-17-24(18-20-25)27(23-15-9-4-10-16-23)26(21-11-5-2-6-12-21)22-13-7-3-8-14-22/h2*2-20H,1H3. The van der Waals surface area contributed by atoms with Crippen molar-refractivity contribution in [3.8, 4) is 0 Å². The minimum absolute atomic E-state index is 0.335. The molecular formula is C56H44O4. The summed E-state index contributed by atoms with van der Waals surface area (Å²) in [6.07, 6.45) is 0.